The Morgan fingerprint density at radius 2 is 1.85 bits per heavy atom. The molecular formula is C15H13Br2Cl2N. The Balaban J connectivity index is 2.53. The summed E-state index contributed by atoms with van der Waals surface area (Å²) in [4.78, 5) is 0. The van der Waals surface area contributed by atoms with Gasteiger partial charge in [-0.15, -0.1) is 0 Å². The fourth-order valence-electron chi connectivity index (χ4n) is 2.07. The van der Waals surface area contributed by atoms with E-state index in [4.69, 9.17) is 23.2 Å². The molecule has 2 rings (SSSR count). The lowest BCUT2D eigenvalue weighted by Crippen LogP contribution is -2.22. The maximum atomic E-state index is 6.36. The van der Waals surface area contributed by atoms with E-state index in [1.807, 2.05) is 24.3 Å². The SMILES string of the molecule is CCNC(c1ccc(Br)cc1Br)c1cccc(Cl)c1Cl. The summed E-state index contributed by atoms with van der Waals surface area (Å²) in [5, 5.41) is 4.62. The number of halogens is 4. The molecule has 5 heteroatoms. The molecule has 0 heterocycles. The van der Waals surface area contributed by atoms with Crippen molar-refractivity contribution in [2.24, 2.45) is 0 Å². The average molecular weight is 438 g/mol. The topological polar surface area (TPSA) is 12.0 Å². The normalized spacial score (nSPS) is 12.4. The second-order valence-electron chi connectivity index (χ2n) is 4.30. The lowest BCUT2D eigenvalue weighted by Gasteiger charge is -2.22. The van der Waals surface area contributed by atoms with Gasteiger partial charge < -0.3 is 5.32 Å². The second kappa shape index (κ2) is 7.28. The van der Waals surface area contributed by atoms with Gasteiger partial charge in [-0.2, -0.15) is 0 Å². The molecule has 0 spiro atoms. The first-order valence-electron chi connectivity index (χ1n) is 6.16. The Kier molecular flexibility index (Phi) is 5.94. The van der Waals surface area contributed by atoms with Crippen molar-refractivity contribution < 1.29 is 0 Å². The van der Waals surface area contributed by atoms with Gasteiger partial charge in [0, 0.05) is 8.95 Å². The molecule has 0 aromatic heterocycles. The van der Waals surface area contributed by atoms with Crippen LogP contribution in [-0.2, 0) is 0 Å². The van der Waals surface area contributed by atoms with Crippen molar-refractivity contribution >= 4 is 55.1 Å². The van der Waals surface area contributed by atoms with Crippen molar-refractivity contribution in [2.75, 3.05) is 6.54 Å². The van der Waals surface area contributed by atoms with Crippen LogP contribution in [0.3, 0.4) is 0 Å². The Morgan fingerprint density at radius 1 is 1.10 bits per heavy atom. The fraction of sp³-hybridized carbons (Fsp3) is 0.200. The zero-order valence-electron chi connectivity index (χ0n) is 10.8. The van der Waals surface area contributed by atoms with Crippen LogP contribution >= 0.6 is 55.1 Å². The third kappa shape index (κ3) is 3.58. The van der Waals surface area contributed by atoms with Crippen LogP contribution in [0.1, 0.15) is 24.1 Å². The molecule has 0 radical (unpaired) electrons. The molecule has 0 aliphatic rings. The molecule has 0 saturated heterocycles. The van der Waals surface area contributed by atoms with Gasteiger partial charge >= 0.3 is 0 Å². The molecular weight excluding hydrogens is 425 g/mol. The van der Waals surface area contributed by atoms with Gasteiger partial charge in [0.2, 0.25) is 0 Å². The van der Waals surface area contributed by atoms with Crippen LogP contribution in [0, 0.1) is 0 Å². The third-order valence-electron chi connectivity index (χ3n) is 2.97. The van der Waals surface area contributed by atoms with E-state index in [9.17, 15) is 0 Å². The van der Waals surface area contributed by atoms with E-state index in [1.54, 1.807) is 6.07 Å². The third-order valence-corrected chi connectivity index (χ3v) is 4.99. The van der Waals surface area contributed by atoms with E-state index in [0.29, 0.717) is 10.0 Å². The van der Waals surface area contributed by atoms with Gasteiger partial charge in [-0.1, -0.05) is 80.2 Å². The zero-order chi connectivity index (χ0) is 14.7. The molecule has 0 aliphatic heterocycles. The van der Waals surface area contributed by atoms with E-state index >= 15 is 0 Å². The molecule has 1 N–H and O–H groups in total. The van der Waals surface area contributed by atoms with Crippen molar-refractivity contribution in [1.82, 2.24) is 5.32 Å². The monoisotopic (exact) mass is 435 g/mol. The standard InChI is InChI=1S/C15H13Br2Cl2N/c1-2-20-15(10-7-6-9(16)8-12(10)17)11-4-3-5-13(18)14(11)19/h3-8,15,20H,2H2,1H3. The molecule has 0 bridgehead atoms. The summed E-state index contributed by atoms with van der Waals surface area (Å²) in [6, 6.07) is 11.8. The second-order valence-corrected chi connectivity index (χ2v) is 6.85. The van der Waals surface area contributed by atoms with Gasteiger partial charge in [-0.25, -0.2) is 0 Å². The Hall–Kier alpha value is -0.0600. The maximum absolute atomic E-state index is 6.36. The van der Waals surface area contributed by atoms with Gasteiger partial charge in [0.25, 0.3) is 0 Å². The molecule has 2 aromatic carbocycles. The fourth-order valence-corrected chi connectivity index (χ4v) is 3.76. The predicted octanol–water partition coefficient (Wildman–Crippen LogP) is 6.22. The molecule has 0 aliphatic carbocycles. The van der Waals surface area contributed by atoms with E-state index in [1.165, 1.54) is 0 Å². The zero-order valence-corrected chi connectivity index (χ0v) is 15.4. The summed E-state index contributed by atoms with van der Waals surface area (Å²) >= 11 is 19.6. The van der Waals surface area contributed by atoms with Crippen LogP contribution in [0.4, 0.5) is 0 Å². The molecule has 2 aromatic rings. The number of hydrogen-bond acceptors (Lipinski definition) is 1. The molecule has 1 unspecified atom stereocenters. The highest BCUT2D eigenvalue weighted by Crippen LogP contribution is 2.36. The molecule has 0 fully saturated rings. The molecule has 0 saturated carbocycles. The minimum atomic E-state index is -0.00586. The Bertz CT molecular complexity index is 617. The van der Waals surface area contributed by atoms with E-state index in [2.05, 4.69) is 50.2 Å². The summed E-state index contributed by atoms with van der Waals surface area (Å²) < 4.78 is 2.05. The summed E-state index contributed by atoms with van der Waals surface area (Å²) in [5.41, 5.74) is 2.10. The van der Waals surface area contributed by atoms with E-state index in [0.717, 1.165) is 26.6 Å². The van der Waals surface area contributed by atoms with Crippen LogP contribution in [0.25, 0.3) is 0 Å². The van der Waals surface area contributed by atoms with Crippen LogP contribution in [0.15, 0.2) is 45.3 Å². The summed E-state index contributed by atoms with van der Waals surface area (Å²) in [7, 11) is 0. The molecule has 20 heavy (non-hydrogen) atoms. The highest BCUT2D eigenvalue weighted by molar-refractivity contribution is 9.11. The average Bonchev–Trinajstić information content (AvgIpc) is 2.40. The summed E-state index contributed by atoms with van der Waals surface area (Å²) in [6.07, 6.45) is 0. The first-order valence-corrected chi connectivity index (χ1v) is 8.51. The van der Waals surface area contributed by atoms with Crippen LogP contribution in [-0.4, -0.2) is 6.54 Å². The van der Waals surface area contributed by atoms with Crippen LogP contribution in [0.5, 0.6) is 0 Å². The number of nitrogens with one attached hydrogen (secondary N) is 1. The largest absolute Gasteiger partial charge is 0.306 e. The first-order chi connectivity index (χ1) is 9.54. The van der Waals surface area contributed by atoms with Crippen molar-refractivity contribution in [3.63, 3.8) is 0 Å². The van der Waals surface area contributed by atoms with Gasteiger partial charge in [-0.05, 0) is 35.9 Å². The molecule has 1 nitrogen and oxygen atoms in total. The van der Waals surface area contributed by atoms with Crippen molar-refractivity contribution in [3.05, 3.63) is 66.5 Å². The first kappa shape index (κ1) is 16.3. The Labute approximate surface area is 145 Å². The smallest absolute Gasteiger partial charge is 0.0643 e. The number of rotatable bonds is 4. The summed E-state index contributed by atoms with van der Waals surface area (Å²) in [5.74, 6) is 0. The van der Waals surface area contributed by atoms with Gasteiger partial charge in [0.05, 0.1) is 16.1 Å². The Morgan fingerprint density at radius 3 is 2.50 bits per heavy atom. The van der Waals surface area contributed by atoms with Gasteiger partial charge in [-0.3, -0.25) is 0 Å². The van der Waals surface area contributed by atoms with E-state index < -0.39 is 0 Å². The number of hydrogen-bond donors (Lipinski definition) is 1. The van der Waals surface area contributed by atoms with Crippen molar-refractivity contribution in [1.29, 1.82) is 0 Å². The van der Waals surface area contributed by atoms with Crippen LogP contribution in [0.2, 0.25) is 10.0 Å². The van der Waals surface area contributed by atoms with E-state index in [-0.39, 0.29) is 6.04 Å². The summed E-state index contributed by atoms with van der Waals surface area (Å²) in [6.45, 7) is 2.90. The maximum Gasteiger partial charge on any atom is 0.0643 e. The minimum absolute atomic E-state index is 0.00586. The highest BCUT2D eigenvalue weighted by Gasteiger charge is 2.19. The van der Waals surface area contributed by atoms with Crippen LogP contribution < -0.4 is 5.32 Å². The highest BCUT2D eigenvalue weighted by atomic mass is 79.9. The molecule has 1 atom stereocenters. The van der Waals surface area contributed by atoms with Gasteiger partial charge in [0.1, 0.15) is 0 Å². The quantitative estimate of drug-likeness (QED) is 0.598. The lowest BCUT2D eigenvalue weighted by molar-refractivity contribution is 0.628. The molecule has 0 amide bonds. The lowest BCUT2D eigenvalue weighted by atomic mass is 9.98. The minimum Gasteiger partial charge on any atom is -0.306 e. The van der Waals surface area contributed by atoms with Crippen molar-refractivity contribution in [2.45, 2.75) is 13.0 Å². The van der Waals surface area contributed by atoms with Gasteiger partial charge in [0.15, 0.2) is 0 Å². The number of benzene rings is 2. The predicted molar refractivity (Wildman–Crippen MR) is 93.8 cm³/mol. The van der Waals surface area contributed by atoms with Crippen molar-refractivity contribution in [3.8, 4) is 0 Å². The molecule has 106 valence electrons.